The summed E-state index contributed by atoms with van der Waals surface area (Å²) in [6, 6.07) is 4.68. The Bertz CT molecular complexity index is 826. The van der Waals surface area contributed by atoms with E-state index in [0.717, 1.165) is 5.56 Å². The summed E-state index contributed by atoms with van der Waals surface area (Å²) in [5.74, 6) is -0.0311. The molecule has 0 amide bonds. The number of benzene rings is 1. The molecule has 0 spiro atoms. The second-order valence-electron chi connectivity index (χ2n) is 8.58. The summed E-state index contributed by atoms with van der Waals surface area (Å²) in [6.07, 6.45) is 2.98. The number of carbonyl (C=O) groups is 1. The lowest BCUT2D eigenvalue weighted by molar-refractivity contribution is -0.258. The van der Waals surface area contributed by atoms with E-state index in [1.165, 1.54) is 12.7 Å². The van der Waals surface area contributed by atoms with Crippen LogP contribution < -0.4 is 0 Å². The van der Waals surface area contributed by atoms with Gasteiger partial charge in [0.15, 0.2) is 12.1 Å². The van der Waals surface area contributed by atoms with Crippen LogP contribution in [0.15, 0.2) is 30.9 Å². The van der Waals surface area contributed by atoms with Gasteiger partial charge < -0.3 is 9.47 Å². The van der Waals surface area contributed by atoms with Crippen LogP contribution in [0.4, 0.5) is 0 Å². The number of ketones is 1. The maximum Gasteiger partial charge on any atom is 0.168 e. The summed E-state index contributed by atoms with van der Waals surface area (Å²) < 4.78 is 13.4. The van der Waals surface area contributed by atoms with Crippen molar-refractivity contribution >= 4 is 29.0 Å². The lowest BCUT2D eigenvalue weighted by atomic mass is 9.80. The quantitative estimate of drug-likeness (QED) is 0.711. The lowest BCUT2D eigenvalue weighted by Crippen LogP contribution is -2.50. The molecule has 0 radical (unpaired) electrons. The molecule has 152 valence electrons. The largest absolute Gasteiger partial charge is 0.351 e. The highest BCUT2D eigenvalue weighted by Crippen LogP contribution is 2.36. The molecule has 0 aliphatic carbocycles. The van der Waals surface area contributed by atoms with E-state index < -0.39 is 11.5 Å². The van der Waals surface area contributed by atoms with E-state index in [4.69, 9.17) is 32.7 Å². The van der Waals surface area contributed by atoms with Crippen molar-refractivity contribution in [3.63, 3.8) is 0 Å². The van der Waals surface area contributed by atoms with E-state index in [-0.39, 0.29) is 30.7 Å². The summed E-state index contributed by atoms with van der Waals surface area (Å²) in [5.41, 5.74) is -0.141. The van der Waals surface area contributed by atoms with Gasteiger partial charge >= 0.3 is 0 Å². The Morgan fingerprint density at radius 3 is 2.54 bits per heavy atom. The van der Waals surface area contributed by atoms with Crippen LogP contribution in [0.5, 0.6) is 0 Å². The van der Waals surface area contributed by atoms with Crippen molar-refractivity contribution in [2.45, 2.75) is 46.4 Å². The minimum absolute atomic E-state index is 0.0311. The predicted octanol–water partition coefficient (Wildman–Crippen LogP) is 4.36. The smallest absolute Gasteiger partial charge is 0.168 e. The van der Waals surface area contributed by atoms with Gasteiger partial charge in [0.2, 0.25) is 0 Å². The van der Waals surface area contributed by atoms with Crippen LogP contribution in [0.25, 0.3) is 0 Å². The van der Waals surface area contributed by atoms with Gasteiger partial charge in [0, 0.05) is 21.9 Å². The van der Waals surface area contributed by atoms with Gasteiger partial charge in [-0.3, -0.25) is 4.79 Å². The minimum Gasteiger partial charge on any atom is -0.351 e. The van der Waals surface area contributed by atoms with Gasteiger partial charge in [0.05, 0.1) is 18.6 Å². The van der Waals surface area contributed by atoms with Gasteiger partial charge in [-0.25, -0.2) is 9.67 Å². The predicted molar refractivity (Wildman–Crippen MR) is 107 cm³/mol. The Kier molecular flexibility index (Phi) is 6.15. The number of carbonyl (C=O) groups excluding carboxylic acids is 1. The fourth-order valence-electron chi connectivity index (χ4n) is 3.23. The lowest BCUT2D eigenvalue weighted by Gasteiger charge is -2.42. The molecule has 2 heterocycles. The molecule has 1 aliphatic heterocycles. The Balaban J connectivity index is 1.84. The summed E-state index contributed by atoms with van der Waals surface area (Å²) in [6.45, 7) is 8.57. The van der Waals surface area contributed by atoms with Crippen LogP contribution in [0.2, 0.25) is 10.0 Å². The van der Waals surface area contributed by atoms with Crippen molar-refractivity contribution in [3.8, 4) is 0 Å². The highest BCUT2D eigenvalue weighted by Gasteiger charge is 2.45. The highest BCUT2D eigenvalue weighted by molar-refractivity contribution is 6.35. The molecule has 1 aromatic carbocycles. The molecule has 0 bridgehead atoms. The fraction of sp³-hybridized carbons (Fsp3) is 0.550. The van der Waals surface area contributed by atoms with Crippen LogP contribution in [-0.2, 0) is 20.7 Å². The van der Waals surface area contributed by atoms with Crippen LogP contribution >= 0.6 is 23.2 Å². The van der Waals surface area contributed by atoms with Crippen LogP contribution in [0.3, 0.4) is 0 Å². The average molecular weight is 426 g/mol. The third kappa shape index (κ3) is 4.57. The van der Waals surface area contributed by atoms with Crippen LogP contribution in [0, 0.1) is 10.8 Å². The van der Waals surface area contributed by atoms with Crippen LogP contribution in [-0.4, -0.2) is 40.1 Å². The standard InChI is InChI=1S/C20H25Cl2N3O3/c1-19(2,3)18-27-9-20(4,10-28-18)17(26)16(25-12-23-11-24-25)7-13-5-6-14(21)8-15(13)22/h5-6,8,11-12,16,18H,7,9-10H2,1-4H3. The summed E-state index contributed by atoms with van der Waals surface area (Å²) in [5, 5.41) is 5.26. The van der Waals surface area contributed by atoms with Crippen molar-refractivity contribution in [3.05, 3.63) is 46.5 Å². The van der Waals surface area contributed by atoms with E-state index in [9.17, 15) is 4.79 Å². The van der Waals surface area contributed by atoms with E-state index in [2.05, 4.69) is 10.1 Å². The number of hydrogen-bond donors (Lipinski definition) is 0. The molecule has 2 aromatic rings. The Morgan fingerprint density at radius 1 is 1.32 bits per heavy atom. The number of halogens is 2. The first-order valence-corrected chi connectivity index (χ1v) is 9.91. The molecule has 3 rings (SSSR count). The SMILES string of the molecule is CC1(C(=O)C(Cc2ccc(Cl)cc2Cl)n2cncn2)COC(C(C)(C)C)OC1. The number of aromatic nitrogens is 3. The molecule has 6 nitrogen and oxygen atoms in total. The van der Waals surface area contributed by atoms with E-state index in [0.29, 0.717) is 16.5 Å². The molecule has 28 heavy (non-hydrogen) atoms. The van der Waals surface area contributed by atoms with Gasteiger partial charge in [-0.2, -0.15) is 5.10 Å². The Hall–Kier alpha value is -1.47. The van der Waals surface area contributed by atoms with Crippen molar-refractivity contribution < 1.29 is 14.3 Å². The third-order valence-corrected chi connectivity index (χ3v) is 5.48. The van der Waals surface area contributed by atoms with Gasteiger partial charge in [0.1, 0.15) is 18.7 Å². The van der Waals surface area contributed by atoms with Crippen molar-refractivity contribution in [2.75, 3.05) is 13.2 Å². The molecule has 0 N–H and O–H groups in total. The second-order valence-corrected chi connectivity index (χ2v) is 9.42. The first-order chi connectivity index (χ1) is 13.1. The van der Waals surface area contributed by atoms with Gasteiger partial charge in [-0.15, -0.1) is 0 Å². The van der Waals surface area contributed by atoms with Crippen molar-refractivity contribution in [1.82, 2.24) is 14.8 Å². The van der Waals surface area contributed by atoms with Crippen molar-refractivity contribution in [1.29, 1.82) is 0 Å². The zero-order valence-electron chi connectivity index (χ0n) is 16.5. The fourth-order valence-corrected chi connectivity index (χ4v) is 3.72. The maximum absolute atomic E-state index is 13.5. The Labute approximate surface area is 175 Å². The average Bonchev–Trinajstić information content (AvgIpc) is 3.14. The number of nitrogens with zero attached hydrogens (tertiary/aromatic N) is 3. The molecule has 1 fully saturated rings. The highest BCUT2D eigenvalue weighted by atomic mass is 35.5. The zero-order valence-corrected chi connectivity index (χ0v) is 18.0. The molecule has 1 atom stereocenters. The van der Waals surface area contributed by atoms with Crippen LogP contribution in [0.1, 0.15) is 39.3 Å². The molecule has 1 unspecified atom stereocenters. The maximum atomic E-state index is 13.5. The molecular weight excluding hydrogens is 401 g/mol. The molecule has 8 heteroatoms. The molecule has 0 saturated carbocycles. The minimum atomic E-state index is -0.794. The zero-order chi connectivity index (χ0) is 20.5. The molecular formula is C20H25Cl2N3O3. The number of hydrogen-bond acceptors (Lipinski definition) is 5. The monoisotopic (exact) mass is 425 g/mol. The topological polar surface area (TPSA) is 66.2 Å². The molecule has 1 aliphatic rings. The number of rotatable bonds is 5. The van der Waals surface area contributed by atoms with Gasteiger partial charge in [-0.1, -0.05) is 50.0 Å². The van der Waals surface area contributed by atoms with E-state index >= 15 is 0 Å². The number of ether oxygens (including phenoxy) is 2. The summed E-state index contributed by atoms with van der Waals surface area (Å²) >= 11 is 12.3. The Morgan fingerprint density at radius 2 is 2.00 bits per heavy atom. The second kappa shape index (κ2) is 8.11. The van der Waals surface area contributed by atoms with E-state index in [1.807, 2.05) is 33.8 Å². The summed E-state index contributed by atoms with van der Waals surface area (Å²) in [4.78, 5) is 17.5. The first-order valence-electron chi connectivity index (χ1n) is 9.16. The normalized spacial score (nSPS) is 24.1. The third-order valence-electron chi connectivity index (χ3n) is 4.90. The first kappa shape index (κ1) is 21.2. The van der Waals surface area contributed by atoms with Gasteiger partial charge in [-0.05, 0) is 24.6 Å². The number of Topliss-reactive ketones (excluding diaryl/α,β-unsaturated/α-hetero) is 1. The van der Waals surface area contributed by atoms with E-state index in [1.54, 1.807) is 16.8 Å². The van der Waals surface area contributed by atoms with Crippen molar-refractivity contribution in [2.24, 2.45) is 10.8 Å². The molecule has 1 aromatic heterocycles. The summed E-state index contributed by atoms with van der Waals surface area (Å²) in [7, 11) is 0. The van der Waals surface area contributed by atoms with Gasteiger partial charge in [0.25, 0.3) is 0 Å². The molecule has 1 saturated heterocycles.